The van der Waals surface area contributed by atoms with Crippen molar-refractivity contribution in [1.29, 1.82) is 0 Å². The molecule has 3 rings (SSSR count). The second kappa shape index (κ2) is 11.0. The van der Waals surface area contributed by atoms with Crippen LogP contribution in [0.15, 0.2) is 48.7 Å². The van der Waals surface area contributed by atoms with Crippen molar-refractivity contribution >= 4 is 42.4 Å². The minimum atomic E-state index is -0.697. The first kappa shape index (κ1) is 23.9. The van der Waals surface area contributed by atoms with Crippen LogP contribution in [-0.2, 0) is 9.59 Å². The van der Waals surface area contributed by atoms with Crippen LogP contribution in [0.2, 0.25) is 0 Å². The van der Waals surface area contributed by atoms with E-state index in [1.54, 1.807) is 17.2 Å². The van der Waals surface area contributed by atoms with Crippen LogP contribution in [0.1, 0.15) is 30.0 Å². The van der Waals surface area contributed by atoms with Crippen molar-refractivity contribution in [2.24, 2.45) is 11.7 Å². The Bertz CT molecular complexity index is 772. The largest absolute Gasteiger partial charge is 0.340 e. The number of benzene rings is 1. The molecule has 28 heavy (non-hydrogen) atoms. The molecule has 1 fully saturated rings. The number of nitrogens with two attached hydrogens (primary N) is 1. The first-order chi connectivity index (χ1) is 12.5. The van der Waals surface area contributed by atoms with Gasteiger partial charge < -0.3 is 16.0 Å². The Morgan fingerprint density at radius 3 is 2.54 bits per heavy atom. The standard InChI is InChI=1S/C20H24N4O2.2ClH/c1-14-9-10-17(22-12-14)23-19(25)16-8-5-11-24(13-16)20(26)18(21)15-6-3-2-4-7-15;;/h2-4,6-7,9-10,12,16,18H,5,8,11,13,21H2,1H3,(H,22,23,25);2*1H. The number of carbonyl (C=O) groups excluding carboxylic acids is 2. The van der Waals surface area contributed by atoms with Crippen LogP contribution in [0.3, 0.4) is 0 Å². The third-order valence-electron chi connectivity index (χ3n) is 4.69. The van der Waals surface area contributed by atoms with Gasteiger partial charge in [0.2, 0.25) is 11.8 Å². The molecular weight excluding hydrogens is 399 g/mol. The van der Waals surface area contributed by atoms with E-state index in [4.69, 9.17) is 5.73 Å². The summed E-state index contributed by atoms with van der Waals surface area (Å²) in [6.45, 7) is 2.96. The number of likely N-dealkylation sites (tertiary alicyclic amines) is 1. The van der Waals surface area contributed by atoms with E-state index in [0.717, 1.165) is 24.0 Å². The molecule has 1 aromatic heterocycles. The lowest BCUT2D eigenvalue weighted by Crippen LogP contribution is -2.47. The molecule has 0 aliphatic carbocycles. The van der Waals surface area contributed by atoms with Crippen LogP contribution >= 0.6 is 24.8 Å². The zero-order chi connectivity index (χ0) is 18.5. The van der Waals surface area contributed by atoms with Crippen LogP contribution in [0.5, 0.6) is 0 Å². The Kier molecular flexibility index (Phi) is 9.38. The number of amides is 2. The molecule has 2 heterocycles. The second-order valence-corrected chi connectivity index (χ2v) is 6.72. The molecule has 0 radical (unpaired) electrons. The number of piperidine rings is 1. The summed E-state index contributed by atoms with van der Waals surface area (Å²) >= 11 is 0. The van der Waals surface area contributed by atoms with Crippen LogP contribution in [0.25, 0.3) is 0 Å². The zero-order valence-electron chi connectivity index (χ0n) is 15.7. The van der Waals surface area contributed by atoms with Gasteiger partial charge in [-0.05, 0) is 37.0 Å². The number of rotatable bonds is 4. The molecule has 1 aliphatic rings. The number of nitrogens with zero attached hydrogens (tertiary/aromatic N) is 2. The van der Waals surface area contributed by atoms with Crippen molar-refractivity contribution in [1.82, 2.24) is 9.88 Å². The number of hydrogen-bond acceptors (Lipinski definition) is 4. The fourth-order valence-electron chi connectivity index (χ4n) is 3.16. The highest BCUT2D eigenvalue weighted by Gasteiger charge is 2.31. The fourth-order valence-corrected chi connectivity index (χ4v) is 3.16. The van der Waals surface area contributed by atoms with Gasteiger partial charge in [-0.1, -0.05) is 36.4 Å². The molecule has 0 saturated carbocycles. The Balaban J connectivity index is 0.00000196. The van der Waals surface area contributed by atoms with E-state index >= 15 is 0 Å². The number of nitrogens with one attached hydrogen (secondary N) is 1. The molecule has 1 aliphatic heterocycles. The first-order valence-corrected chi connectivity index (χ1v) is 8.87. The van der Waals surface area contributed by atoms with Crippen molar-refractivity contribution in [2.75, 3.05) is 18.4 Å². The Morgan fingerprint density at radius 1 is 1.18 bits per heavy atom. The summed E-state index contributed by atoms with van der Waals surface area (Å²) in [6, 6.07) is 12.3. The van der Waals surface area contributed by atoms with Crippen molar-refractivity contribution in [3.8, 4) is 0 Å². The van der Waals surface area contributed by atoms with Crippen LogP contribution in [-0.4, -0.2) is 34.8 Å². The number of halogens is 2. The summed E-state index contributed by atoms with van der Waals surface area (Å²) in [5.74, 6) is 0.0399. The monoisotopic (exact) mass is 424 g/mol. The smallest absolute Gasteiger partial charge is 0.244 e. The van der Waals surface area contributed by atoms with Crippen molar-refractivity contribution < 1.29 is 9.59 Å². The van der Waals surface area contributed by atoms with Gasteiger partial charge in [0.25, 0.3) is 0 Å². The number of anilines is 1. The Hall–Kier alpha value is -2.15. The summed E-state index contributed by atoms with van der Waals surface area (Å²) in [5, 5.41) is 2.84. The molecule has 1 saturated heterocycles. The van der Waals surface area contributed by atoms with E-state index in [0.29, 0.717) is 18.9 Å². The van der Waals surface area contributed by atoms with Gasteiger partial charge >= 0.3 is 0 Å². The average Bonchev–Trinajstić information content (AvgIpc) is 2.69. The summed E-state index contributed by atoms with van der Waals surface area (Å²) in [7, 11) is 0. The van der Waals surface area contributed by atoms with Gasteiger partial charge in [0.1, 0.15) is 11.9 Å². The molecule has 0 bridgehead atoms. The SMILES string of the molecule is Cc1ccc(NC(=O)C2CCCN(C(=O)C(N)c3ccccc3)C2)nc1.Cl.Cl. The average molecular weight is 425 g/mol. The molecule has 8 heteroatoms. The Labute approximate surface area is 177 Å². The van der Waals surface area contributed by atoms with E-state index in [1.165, 1.54) is 0 Å². The number of aryl methyl sites for hydroxylation is 1. The van der Waals surface area contributed by atoms with Gasteiger partial charge in [0.15, 0.2) is 0 Å². The van der Waals surface area contributed by atoms with E-state index in [-0.39, 0.29) is 42.5 Å². The lowest BCUT2D eigenvalue weighted by molar-refractivity contribution is -0.136. The van der Waals surface area contributed by atoms with E-state index in [1.807, 2.05) is 43.3 Å². The topological polar surface area (TPSA) is 88.3 Å². The van der Waals surface area contributed by atoms with Gasteiger partial charge in [0.05, 0.1) is 5.92 Å². The van der Waals surface area contributed by atoms with Crippen molar-refractivity contribution in [3.63, 3.8) is 0 Å². The molecule has 3 N–H and O–H groups in total. The molecular formula is C20H26Cl2N4O2. The predicted molar refractivity (Wildman–Crippen MR) is 115 cm³/mol. The van der Waals surface area contributed by atoms with E-state index < -0.39 is 6.04 Å². The van der Waals surface area contributed by atoms with E-state index in [2.05, 4.69) is 10.3 Å². The van der Waals surface area contributed by atoms with Gasteiger partial charge in [-0.25, -0.2) is 4.98 Å². The second-order valence-electron chi connectivity index (χ2n) is 6.72. The maximum atomic E-state index is 12.7. The molecule has 6 nitrogen and oxygen atoms in total. The lowest BCUT2D eigenvalue weighted by atomic mass is 9.95. The third-order valence-corrected chi connectivity index (χ3v) is 4.69. The fraction of sp³-hybridized carbons (Fsp3) is 0.350. The van der Waals surface area contributed by atoms with Crippen molar-refractivity contribution in [2.45, 2.75) is 25.8 Å². The van der Waals surface area contributed by atoms with Gasteiger partial charge in [-0.15, -0.1) is 24.8 Å². The first-order valence-electron chi connectivity index (χ1n) is 8.87. The maximum absolute atomic E-state index is 12.7. The normalized spacial score (nSPS) is 16.9. The highest BCUT2D eigenvalue weighted by molar-refractivity contribution is 5.92. The third kappa shape index (κ3) is 5.92. The highest BCUT2D eigenvalue weighted by atomic mass is 35.5. The Morgan fingerprint density at radius 2 is 1.89 bits per heavy atom. The maximum Gasteiger partial charge on any atom is 0.244 e. The molecule has 0 spiro atoms. The van der Waals surface area contributed by atoms with Crippen LogP contribution in [0, 0.1) is 12.8 Å². The van der Waals surface area contributed by atoms with E-state index in [9.17, 15) is 9.59 Å². The number of carbonyl (C=O) groups is 2. The highest BCUT2D eigenvalue weighted by Crippen LogP contribution is 2.22. The summed E-state index contributed by atoms with van der Waals surface area (Å²) < 4.78 is 0. The quantitative estimate of drug-likeness (QED) is 0.788. The summed E-state index contributed by atoms with van der Waals surface area (Å²) in [4.78, 5) is 31.2. The zero-order valence-corrected chi connectivity index (χ0v) is 17.3. The van der Waals surface area contributed by atoms with Crippen LogP contribution in [0.4, 0.5) is 5.82 Å². The predicted octanol–water partition coefficient (Wildman–Crippen LogP) is 3.11. The number of pyridine rings is 1. The molecule has 2 unspecified atom stereocenters. The number of aromatic nitrogens is 1. The minimum Gasteiger partial charge on any atom is -0.340 e. The van der Waals surface area contributed by atoms with Gasteiger partial charge in [0, 0.05) is 19.3 Å². The molecule has 2 atom stereocenters. The summed E-state index contributed by atoms with van der Waals surface area (Å²) in [6.07, 6.45) is 3.25. The van der Waals surface area contributed by atoms with Crippen LogP contribution < -0.4 is 11.1 Å². The molecule has 1 aromatic carbocycles. The molecule has 152 valence electrons. The number of hydrogen-bond donors (Lipinski definition) is 2. The molecule has 2 aromatic rings. The van der Waals surface area contributed by atoms with Crippen molar-refractivity contribution in [3.05, 3.63) is 59.8 Å². The van der Waals surface area contributed by atoms with Gasteiger partial charge in [-0.3, -0.25) is 9.59 Å². The van der Waals surface area contributed by atoms with Gasteiger partial charge in [-0.2, -0.15) is 0 Å². The lowest BCUT2D eigenvalue weighted by Gasteiger charge is -2.33. The summed E-state index contributed by atoms with van der Waals surface area (Å²) in [5.41, 5.74) is 7.95. The molecule has 2 amide bonds. The minimum absolute atomic E-state index is 0.